The van der Waals surface area contributed by atoms with E-state index in [1.54, 1.807) is 48.5 Å². The second-order valence-corrected chi connectivity index (χ2v) is 12.0. The number of aryl methyl sites for hydroxylation is 2. The van der Waals surface area contributed by atoms with E-state index in [0.29, 0.717) is 16.6 Å². The van der Waals surface area contributed by atoms with Gasteiger partial charge in [-0.3, -0.25) is 4.79 Å². The Hall–Kier alpha value is -3.43. The fourth-order valence-electron chi connectivity index (χ4n) is 4.32. The van der Waals surface area contributed by atoms with Gasteiger partial charge in [-0.1, -0.05) is 53.6 Å². The van der Waals surface area contributed by atoms with Gasteiger partial charge in [0.05, 0.1) is 26.6 Å². The number of hydrogen-bond donors (Lipinski definition) is 0. The SMILES string of the molecule is Cc1ccc(S(=O)(=O)N2CCc3c(c4ccccc4n3S(=O)(=O)c3ccc(C)cc3)C2=O)cc1. The van der Waals surface area contributed by atoms with E-state index < -0.39 is 26.0 Å². The number of amides is 1. The normalized spacial score (nSPS) is 14.4. The van der Waals surface area contributed by atoms with Crippen LogP contribution in [0.25, 0.3) is 10.9 Å². The van der Waals surface area contributed by atoms with Crippen molar-refractivity contribution in [2.24, 2.45) is 0 Å². The maximum Gasteiger partial charge on any atom is 0.270 e. The standard InChI is InChI=1S/C25H22N2O5S2/c1-17-7-11-19(12-8-17)33(29,30)26-16-15-23-24(25(26)28)21-5-3-4-6-22(21)27(23)34(31,32)20-13-9-18(2)10-14-20/h3-14H,15-16H2,1-2H3. The lowest BCUT2D eigenvalue weighted by atomic mass is 10.1. The van der Waals surface area contributed by atoms with Crippen LogP contribution in [0, 0.1) is 13.8 Å². The molecule has 0 unspecified atom stereocenters. The number of nitrogens with zero attached hydrogens (tertiary/aromatic N) is 2. The molecule has 174 valence electrons. The van der Waals surface area contributed by atoms with Crippen molar-refractivity contribution in [2.45, 2.75) is 30.1 Å². The van der Waals surface area contributed by atoms with E-state index in [1.807, 2.05) is 13.8 Å². The third-order valence-electron chi connectivity index (χ3n) is 6.09. The fraction of sp³-hybridized carbons (Fsp3) is 0.160. The Balaban J connectivity index is 1.69. The minimum absolute atomic E-state index is 0.0194. The summed E-state index contributed by atoms with van der Waals surface area (Å²) in [6.07, 6.45) is 0.0753. The summed E-state index contributed by atoms with van der Waals surface area (Å²) in [5.74, 6) is -0.726. The van der Waals surface area contributed by atoms with Crippen LogP contribution >= 0.6 is 0 Å². The molecule has 3 aromatic carbocycles. The maximum atomic E-state index is 13.7. The van der Waals surface area contributed by atoms with Gasteiger partial charge in [-0.25, -0.2) is 25.1 Å². The van der Waals surface area contributed by atoms with Crippen molar-refractivity contribution >= 4 is 36.9 Å². The van der Waals surface area contributed by atoms with Gasteiger partial charge in [0, 0.05) is 18.4 Å². The van der Waals surface area contributed by atoms with Crippen molar-refractivity contribution in [1.29, 1.82) is 0 Å². The van der Waals surface area contributed by atoms with Crippen molar-refractivity contribution < 1.29 is 21.6 Å². The van der Waals surface area contributed by atoms with Crippen LogP contribution < -0.4 is 0 Å². The number of carbonyl (C=O) groups is 1. The van der Waals surface area contributed by atoms with Crippen molar-refractivity contribution in [3.05, 3.63) is 95.2 Å². The predicted octanol–water partition coefficient (Wildman–Crippen LogP) is 3.88. The van der Waals surface area contributed by atoms with Crippen LogP contribution in [-0.4, -0.2) is 37.6 Å². The van der Waals surface area contributed by atoms with E-state index in [1.165, 1.54) is 28.2 Å². The van der Waals surface area contributed by atoms with Gasteiger partial charge in [0.1, 0.15) is 0 Å². The Morgan fingerprint density at radius 1 is 0.706 bits per heavy atom. The number of rotatable bonds is 4. The highest BCUT2D eigenvalue weighted by Crippen LogP contribution is 2.35. The van der Waals surface area contributed by atoms with Crippen molar-refractivity contribution in [1.82, 2.24) is 8.28 Å². The molecule has 34 heavy (non-hydrogen) atoms. The average molecular weight is 495 g/mol. The molecular formula is C25H22N2O5S2. The molecule has 0 N–H and O–H groups in total. The molecule has 4 aromatic rings. The third-order valence-corrected chi connectivity index (χ3v) is 9.65. The summed E-state index contributed by atoms with van der Waals surface area (Å²) in [5.41, 5.74) is 2.56. The number of sulfonamides is 1. The van der Waals surface area contributed by atoms with E-state index in [0.717, 1.165) is 15.4 Å². The summed E-state index contributed by atoms with van der Waals surface area (Å²) in [5, 5.41) is 0.405. The molecule has 1 aromatic heterocycles. The Labute approximate surface area is 198 Å². The first-order valence-electron chi connectivity index (χ1n) is 10.7. The number of aromatic nitrogens is 1. The van der Waals surface area contributed by atoms with Gasteiger partial charge in [-0.05, 0) is 44.2 Å². The minimum Gasteiger partial charge on any atom is -0.268 e. The second kappa shape index (κ2) is 7.82. The quantitative estimate of drug-likeness (QED) is 0.429. The van der Waals surface area contributed by atoms with Gasteiger partial charge >= 0.3 is 0 Å². The minimum atomic E-state index is -4.10. The second-order valence-electron chi connectivity index (χ2n) is 8.37. The lowest BCUT2D eigenvalue weighted by Crippen LogP contribution is -2.42. The van der Waals surface area contributed by atoms with Crippen molar-refractivity contribution in [2.75, 3.05) is 6.54 Å². The van der Waals surface area contributed by atoms with Crippen LogP contribution in [0.2, 0.25) is 0 Å². The molecule has 0 atom stereocenters. The zero-order chi connectivity index (χ0) is 24.3. The Bertz CT molecular complexity index is 1650. The fourth-order valence-corrected chi connectivity index (χ4v) is 7.28. The first kappa shape index (κ1) is 22.4. The maximum absolute atomic E-state index is 13.7. The molecule has 1 aliphatic rings. The van der Waals surface area contributed by atoms with E-state index in [2.05, 4.69) is 0 Å². The van der Waals surface area contributed by atoms with Gasteiger partial charge in [0.2, 0.25) is 0 Å². The molecule has 5 rings (SSSR count). The lowest BCUT2D eigenvalue weighted by Gasteiger charge is -2.27. The van der Waals surface area contributed by atoms with E-state index >= 15 is 0 Å². The van der Waals surface area contributed by atoms with E-state index in [9.17, 15) is 21.6 Å². The van der Waals surface area contributed by atoms with Crippen molar-refractivity contribution in [3.8, 4) is 0 Å². The van der Waals surface area contributed by atoms with Gasteiger partial charge in [0.25, 0.3) is 26.0 Å². The summed E-state index contributed by atoms with van der Waals surface area (Å²) >= 11 is 0. The monoisotopic (exact) mass is 494 g/mol. The average Bonchev–Trinajstić information content (AvgIpc) is 3.15. The van der Waals surface area contributed by atoms with Gasteiger partial charge in [-0.15, -0.1) is 0 Å². The Morgan fingerprint density at radius 3 is 1.82 bits per heavy atom. The molecule has 2 heterocycles. The molecule has 1 amide bonds. The third kappa shape index (κ3) is 3.35. The summed E-state index contributed by atoms with van der Waals surface area (Å²) in [4.78, 5) is 13.7. The number of benzene rings is 3. The lowest BCUT2D eigenvalue weighted by molar-refractivity contribution is 0.0851. The number of fused-ring (bicyclic) bond motifs is 3. The van der Waals surface area contributed by atoms with Gasteiger partial charge in [0.15, 0.2) is 0 Å². The van der Waals surface area contributed by atoms with Crippen LogP contribution in [0.15, 0.2) is 82.6 Å². The molecule has 0 saturated heterocycles. The Kier molecular flexibility index (Phi) is 5.14. The largest absolute Gasteiger partial charge is 0.270 e. The molecular weight excluding hydrogens is 472 g/mol. The van der Waals surface area contributed by atoms with Crippen LogP contribution in [0.5, 0.6) is 0 Å². The zero-order valence-corrected chi connectivity index (χ0v) is 20.2. The smallest absolute Gasteiger partial charge is 0.268 e. The van der Waals surface area contributed by atoms with Gasteiger partial charge < -0.3 is 0 Å². The first-order chi connectivity index (χ1) is 16.1. The van der Waals surface area contributed by atoms with E-state index in [-0.39, 0.29) is 28.3 Å². The van der Waals surface area contributed by atoms with Crippen LogP contribution in [-0.2, 0) is 26.5 Å². The number of carbonyl (C=O) groups excluding carboxylic acids is 1. The number of para-hydroxylation sites is 1. The Morgan fingerprint density at radius 2 is 1.24 bits per heavy atom. The van der Waals surface area contributed by atoms with Gasteiger partial charge in [-0.2, -0.15) is 0 Å². The summed E-state index contributed by atoms with van der Waals surface area (Å²) in [6, 6.07) is 19.5. The number of hydrogen-bond acceptors (Lipinski definition) is 5. The molecule has 1 aliphatic heterocycles. The molecule has 9 heteroatoms. The molecule has 0 radical (unpaired) electrons. The molecule has 0 saturated carbocycles. The highest BCUT2D eigenvalue weighted by atomic mass is 32.2. The van der Waals surface area contributed by atoms with Crippen LogP contribution in [0.4, 0.5) is 0 Å². The molecule has 0 spiro atoms. The topological polar surface area (TPSA) is 93.5 Å². The molecule has 7 nitrogen and oxygen atoms in total. The zero-order valence-electron chi connectivity index (χ0n) is 18.6. The first-order valence-corrected chi connectivity index (χ1v) is 13.6. The highest BCUT2D eigenvalue weighted by molar-refractivity contribution is 7.90. The molecule has 0 aliphatic carbocycles. The summed E-state index contributed by atoms with van der Waals surface area (Å²) in [6.45, 7) is 3.56. The summed E-state index contributed by atoms with van der Waals surface area (Å²) in [7, 11) is -8.11. The van der Waals surface area contributed by atoms with Crippen molar-refractivity contribution in [3.63, 3.8) is 0 Å². The summed E-state index contributed by atoms with van der Waals surface area (Å²) < 4.78 is 55.9. The highest BCUT2D eigenvalue weighted by Gasteiger charge is 2.39. The molecule has 0 fully saturated rings. The predicted molar refractivity (Wildman–Crippen MR) is 129 cm³/mol. The van der Waals surface area contributed by atoms with Crippen LogP contribution in [0.3, 0.4) is 0 Å². The molecule has 0 bridgehead atoms. The van der Waals surface area contributed by atoms with E-state index in [4.69, 9.17) is 0 Å². The van der Waals surface area contributed by atoms with Crippen LogP contribution in [0.1, 0.15) is 27.2 Å².